The summed E-state index contributed by atoms with van der Waals surface area (Å²) in [5.41, 5.74) is 10.2. The Balaban J connectivity index is 0. The Morgan fingerprint density at radius 1 is 0.952 bits per heavy atom. The third kappa shape index (κ3) is 13.3. The van der Waals surface area contributed by atoms with Crippen LogP contribution in [0.4, 0.5) is 23.7 Å². The number of nitrogens with two attached hydrogens (primary N) is 2. The summed E-state index contributed by atoms with van der Waals surface area (Å²) >= 11 is 0. The van der Waals surface area contributed by atoms with Gasteiger partial charge in [-0.2, -0.15) is 13.2 Å². The molecule has 118 valence electrons. The first-order chi connectivity index (χ1) is 9.37. The van der Waals surface area contributed by atoms with E-state index in [1.54, 1.807) is 12.1 Å². The number of rotatable bonds is 1. The predicted molar refractivity (Wildman–Crippen MR) is 63.7 cm³/mol. The van der Waals surface area contributed by atoms with Crippen LogP contribution >= 0.6 is 0 Å². The summed E-state index contributed by atoms with van der Waals surface area (Å²) in [7, 11) is 0. The average molecular weight is 312 g/mol. The topological polar surface area (TPSA) is 164 Å². The number of aromatic carboxylic acids is 1. The smallest absolute Gasteiger partial charge is 0.478 e. The minimum atomic E-state index is -5.08. The summed E-state index contributed by atoms with van der Waals surface area (Å²) in [5.74, 6) is -3.69. The Bertz CT molecular complexity index is 483. The van der Waals surface area contributed by atoms with Crippen molar-refractivity contribution in [2.45, 2.75) is 6.18 Å². The van der Waals surface area contributed by atoms with E-state index < -0.39 is 24.2 Å². The third-order valence-corrected chi connectivity index (χ3v) is 1.40. The molecule has 0 bridgehead atoms. The maximum absolute atomic E-state index is 10.6. The number of halogens is 3. The predicted octanol–water partition coefficient (Wildman–Crippen LogP) is 1.22. The molecule has 0 fully saturated rings. The summed E-state index contributed by atoms with van der Waals surface area (Å²) in [4.78, 5) is 27.9. The van der Waals surface area contributed by atoms with E-state index in [2.05, 4.69) is 5.73 Å². The number of nitrogen functional groups attached to an aromatic ring is 1. The SMILES string of the molecule is NC(=O)O.Nc1ccc(C(=O)O)cc1.O=C(O)C(F)(F)F. The zero-order valence-electron chi connectivity index (χ0n) is 10.2. The fourth-order valence-corrected chi connectivity index (χ4v) is 0.626. The van der Waals surface area contributed by atoms with E-state index in [0.717, 1.165) is 0 Å². The molecule has 0 heterocycles. The van der Waals surface area contributed by atoms with Crippen LogP contribution in [-0.2, 0) is 4.79 Å². The number of hydrogen-bond donors (Lipinski definition) is 5. The number of carboxylic acids is 2. The number of benzene rings is 1. The van der Waals surface area contributed by atoms with Crippen LogP contribution in [0.1, 0.15) is 10.4 Å². The van der Waals surface area contributed by atoms with Crippen LogP contribution in [0.3, 0.4) is 0 Å². The summed E-state index contributed by atoms with van der Waals surface area (Å²) in [6.45, 7) is 0. The van der Waals surface area contributed by atoms with Gasteiger partial charge in [0.15, 0.2) is 0 Å². The highest BCUT2D eigenvalue weighted by atomic mass is 19.4. The number of anilines is 1. The van der Waals surface area contributed by atoms with E-state index in [-0.39, 0.29) is 5.56 Å². The lowest BCUT2D eigenvalue weighted by Gasteiger charge is -1.93. The minimum Gasteiger partial charge on any atom is -0.478 e. The second kappa shape index (κ2) is 9.01. The summed E-state index contributed by atoms with van der Waals surface area (Å²) < 4.78 is 31.7. The Kier molecular flexibility index (Phi) is 8.73. The van der Waals surface area contributed by atoms with Crippen LogP contribution < -0.4 is 11.5 Å². The Hall–Kier alpha value is -2.98. The number of aliphatic carboxylic acids is 1. The molecule has 1 aromatic rings. The molecule has 0 unspecified atom stereocenters. The lowest BCUT2D eigenvalue weighted by molar-refractivity contribution is -0.192. The molecule has 1 amide bonds. The number of amides is 1. The second-order valence-electron chi connectivity index (χ2n) is 3.07. The van der Waals surface area contributed by atoms with Gasteiger partial charge in [0.1, 0.15) is 0 Å². The van der Waals surface area contributed by atoms with Crippen molar-refractivity contribution >= 4 is 23.7 Å². The highest BCUT2D eigenvalue weighted by Gasteiger charge is 2.38. The molecule has 0 aliphatic heterocycles. The van der Waals surface area contributed by atoms with Gasteiger partial charge in [0, 0.05) is 5.69 Å². The molecule has 0 aromatic heterocycles. The molecular weight excluding hydrogens is 301 g/mol. The van der Waals surface area contributed by atoms with Gasteiger partial charge in [0.25, 0.3) is 0 Å². The molecule has 11 heteroatoms. The van der Waals surface area contributed by atoms with Gasteiger partial charge in [-0.3, -0.25) is 0 Å². The van der Waals surface area contributed by atoms with Gasteiger partial charge in [0.2, 0.25) is 0 Å². The van der Waals surface area contributed by atoms with Crippen LogP contribution in [0, 0.1) is 0 Å². The number of carbonyl (C=O) groups is 3. The van der Waals surface area contributed by atoms with Crippen molar-refractivity contribution in [3.05, 3.63) is 29.8 Å². The number of carboxylic acid groups (broad SMARTS) is 3. The zero-order valence-corrected chi connectivity index (χ0v) is 10.2. The Morgan fingerprint density at radius 3 is 1.43 bits per heavy atom. The molecule has 8 nitrogen and oxygen atoms in total. The highest BCUT2D eigenvalue weighted by Crippen LogP contribution is 2.13. The lowest BCUT2D eigenvalue weighted by atomic mass is 10.2. The molecule has 0 saturated carbocycles. The first kappa shape index (κ1) is 20.3. The minimum absolute atomic E-state index is 0.259. The lowest BCUT2D eigenvalue weighted by Crippen LogP contribution is -2.21. The van der Waals surface area contributed by atoms with E-state index in [1.165, 1.54) is 12.1 Å². The maximum atomic E-state index is 10.6. The number of hydrogen-bond acceptors (Lipinski definition) is 4. The van der Waals surface area contributed by atoms with Crippen LogP contribution in [0.5, 0.6) is 0 Å². The largest absolute Gasteiger partial charge is 0.490 e. The monoisotopic (exact) mass is 312 g/mol. The molecule has 0 spiro atoms. The first-order valence-electron chi connectivity index (χ1n) is 4.75. The molecule has 21 heavy (non-hydrogen) atoms. The zero-order chi connectivity index (χ0) is 17.2. The molecule has 0 aliphatic rings. The van der Waals surface area contributed by atoms with Gasteiger partial charge in [-0.05, 0) is 24.3 Å². The van der Waals surface area contributed by atoms with Crippen molar-refractivity contribution in [2.75, 3.05) is 5.73 Å². The van der Waals surface area contributed by atoms with Crippen molar-refractivity contribution in [3.8, 4) is 0 Å². The van der Waals surface area contributed by atoms with Crippen molar-refractivity contribution in [2.24, 2.45) is 5.73 Å². The van der Waals surface area contributed by atoms with Crippen molar-refractivity contribution in [1.29, 1.82) is 0 Å². The fourth-order valence-electron chi connectivity index (χ4n) is 0.626. The van der Waals surface area contributed by atoms with Crippen molar-refractivity contribution in [3.63, 3.8) is 0 Å². The van der Waals surface area contributed by atoms with Gasteiger partial charge in [-0.25, -0.2) is 14.4 Å². The molecular formula is C10H11F3N2O6. The van der Waals surface area contributed by atoms with Gasteiger partial charge in [-0.1, -0.05) is 0 Å². The van der Waals surface area contributed by atoms with E-state index in [1.807, 2.05) is 0 Å². The number of primary amides is 1. The van der Waals surface area contributed by atoms with E-state index in [4.69, 9.17) is 30.6 Å². The first-order valence-corrected chi connectivity index (χ1v) is 4.75. The standard InChI is InChI=1S/C7H7NO2.C2HF3O2.CH3NO2/c8-6-3-1-5(2-4-6)7(9)10;3-2(4,5)1(6)7;2-1(3)4/h1-4H,8H2,(H,9,10);(H,6,7);2H2,(H,3,4). The van der Waals surface area contributed by atoms with Crippen LogP contribution in [0.25, 0.3) is 0 Å². The molecule has 0 aliphatic carbocycles. The van der Waals surface area contributed by atoms with Gasteiger partial charge >= 0.3 is 24.2 Å². The quantitative estimate of drug-likeness (QED) is 0.486. The van der Waals surface area contributed by atoms with Gasteiger partial charge in [0.05, 0.1) is 5.56 Å². The fraction of sp³-hybridized carbons (Fsp3) is 0.100. The van der Waals surface area contributed by atoms with E-state index in [9.17, 15) is 18.0 Å². The number of alkyl halides is 3. The van der Waals surface area contributed by atoms with Gasteiger partial charge in [-0.15, -0.1) is 0 Å². The second-order valence-corrected chi connectivity index (χ2v) is 3.07. The maximum Gasteiger partial charge on any atom is 0.490 e. The van der Waals surface area contributed by atoms with E-state index >= 15 is 0 Å². The molecule has 0 saturated heterocycles. The van der Waals surface area contributed by atoms with Crippen LogP contribution in [0.2, 0.25) is 0 Å². The molecule has 7 N–H and O–H groups in total. The highest BCUT2D eigenvalue weighted by molar-refractivity contribution is 5.87. The summed E-state index contributed by atoms with van der Waals surface area (Å²) in [6.07, 6.45) is -6.42. The van der Waals surface area contributed by atoms with Crippen LogP contribution in [0.15, 0.2) is 24.3 Å². The summed E-state index contributed by atoms with van der Waals surface area (Å²) in [5, 5.41) is 22.8. The summed E-state index contributed by atoms with van der Waals surface area (Å²) in [6, 6.07) is 6.06. The average Bonchev–Trinajstić information content (AvgIpc) is 2.28. The molecule has 0 atom stereocenters. The Morgan fingerprint density at radius 2 is 1.24 bits per heavy atom. The van der Waals surface area contributed by atoms with Gasteiger partial charge < -0.3 is 26.8 Å². The van der Waals surface area contributed by atoms with Crippen LogP contribution in [-0.4, -0.2) is 39.5 Å². The van der Waals surface area contributed by atoms with Crippen molar-refractivity contribution < 1.29 is 42.9 Å². The molecule has 1 rings (SSSR count). The van der Waals surface area contributed by atoms with Crippen molar-refractivity contribution in [1.82, 2.24) is 0 Å². The third-order valence-electron chi connectivity index (χ3n) is 1.40. The molecule has 0 radical (unpaired) electrons. The normalized spacial score (nSPS) is 9.29. The molecule has 1 aromatic carbocycles. The Labute approximate surface area is 115 Å². The van der Waals surface area contributed by atoms with E-state index in [0.29, 0.717) is 5.69 Å².